The highest BCUT2D eigenvalue weighted by molar-refractivity contribution is 7.98. The quantitative estimate of drug-likeness (QED) is 0.682. The van der Waals surface area contributed by atoms with Crippen LogP contribution in [0, 0.1) is 0 Å². The number of hydrogen-bond donors (Lipinski definition) is 1. The predicted octanol–water partition coefficient (Wildman–Crippen LogP) is 3.92. The van der Waals surface area contributed by atoms with Gasteiger partial charge in [0.2, 0.25) is 5.88 Å². The van der Waals surface area contributed by atoms with Crippen molar-refractivity contribution >= 4 is 17.7 Å². The molecule has 0 aliphatic carbocycles. The second kappa shape index (κ2) is 8.30. The van der Waals surface area contributed by atoms with Crippen LogP contribution >= 0.6 is 11.8 Å². The van der Waals surface area contributed by atoms with E-state index in [1.807, 2.05) is 42.7 Å². The van der Waals surface area contributed by atoms with E-state index in [2.05, 4.69) is 15.3 Å². The van der Waals surface area contributed by atoms with Gasteiger partial charge in [-0.25, -0.2) is 9.97 Å². The second-order valence-corrected chi connectivity index (χ2v) is 5.96. The minimum Gasteiger partial charge on any atom is -0.439 e. The van der Waals surface area contributed by atoms with Gasteiger partial charge in [-0.3, -0.25) is 4.79 Å². The van der Waals surface area contributed by atoms with Crippen molar-refractivity contribution in [2.24, 2.45) is 0 Å². The molecule has 0 aliphatic rings. The molecule has 6 heteroatoms. The van der Waals surface area contributed by atoms with Crippen molar-refractivity contribution in [1.82, 2.24) is 15.3 Å². The van der Waals surface area contributed by atoms with E-state index in [4.69, 9.17) is 4.74 Å². The minimum atomic E-state index is -0.145. The van der Waals surface area contributed by atoms with Crippen LogP contribution in [0.1, 0.15) is 15.9 Å². The number of ether oxygens (including phenoxy) is 1. The first-order chi connectivity index (χ1) is 12.3. The SMILES string of the molecule is CSc1ncccc1C(=O)NCc1cccc(Oc2ccccn2)c1. The number of pyridine rings is 2. The molecule has 0 saturated carbocycles. The van der Waals surface area contributed by atoms with E-state index in [-0.39, 0.29) is 5.91 Å². The molecule has 5 nitrogen and oxygen atoms in total. The van der Waals surface area contributed by atoms with Crippen molar-refractivity contribution in [2.45, 2.75) is 11.6 Å². The van der Waals surface area contributed by atoms with Crippen molar-refractivity contribution in [2.75, 3.05) is 6.26 Å². The molecule has 3 aromatic rings. The average molecular weight is 351 g/mol. The third-order valence-corrected chi connectivity index (χ3v) is 4.13. The molecule has 0 atom stereocenters. The lowest BCUT2D eigenvalue weighted by Gasteiger charge is -2.09. The number of rotatable bonds is 6. The van der Waals surface area contributed by atoms with Gasteiger partial charge in [0.15, 0.2) is 0 Å². The van der Waals surface area contributed by atoms with Gasteiger partial charge in [0.25, 0.3) is 5.91 Å². The van der Waals surface area contributed by atoms with Gasteiger partial charge < -0.3 is 10.1 Å². The fourth-order valence-electron chi connectivity index (χ4n) is 2.25. The lowest BCUT2D eigenvalue weighted by atomic mass is 10.2. The first-order valence-electron chi connectivity index (χ1n) is 7.71. The van der Waals surface area contributed by atoms with E-state index in [0.29, 0.717) is 28.8 Å². The third kappa shape index (κ3) is 4.58. The molecular formula is C19H17N3O2S. The molecule has 2 aromatic heterocycles. The van der Waals surface area contributed by atoms with E-state index < -0.39 is 0 Å². The molecular weight excluding hydrogens is 334 g/mol. The summed E-state index contributed by atoms with van der Waals surface area (Å²) >= 11 is 1.45. The van der Waals surface area contributed by atoms with Crippen LogP contribution in [0.4, 0.5) is 0 Å². The summed E-state index contributed by atoms with van der Waals surface area (Å²) in [6, 6.07) is 16.6. The van der Waals surface area contributed by atoms with E-state index in [1.54, 1.807) is 30.6 Å². The fourth-order valence-corrected chi connectivity index (χ4v) is 2.80. The Morgan fingerprint density at radius 1 is 1.08 bits per heavy atom. The zero-order chi connectivity index (χ0) is 17.5. The second-order valence-electron chi connectivity index (χ2n) is 5.16. The Hall–Kier alpha value is -2.86. The van der Waals surface area contributed by atoms with Crippen LogP contribution in [0.2, 0.25) is 0 Å². The highest BCUT2D eigenvalue weighted by Gasteiger charge is 2.11. The van der Waals surface area contributed by atoms with Crippen molar-refractivity contribution in [3.05, 3.63) is 78.1 Å². The molecule has 0 spiro atoms. The number of amides is 1. The zero-order valence-electron chi connectivity index (χ0n) is 13.7. The van der Waals surface area contributed by atoms with Gasteiger partial charge in [-0.15, -0.1) is 11.8 Å². The number of carbonyl (C=O) groups excluding carboxylic acids is 1. The number of carbonyl (C=O) groups is 1. The molecule has 0 saturated heterocycles. The summed E-state index contributed by atoms with van der Waals surface area (Å²) in [5.74, 6) is 1.06. The number of nitrogens with one attached hydrogen (secondary N) is 1. The van der Waals surface area contributed by atoms with Crippen LogP contribution in [0.25, 0.3) is 0 Å². The average Bonchev–Trinajstić information content (AvgIpc) is 2.67. The number of benzene rings is 1. The Balaban J connectivity index is 1.65. The van der Waals surface area contributed by atoms with Crippen LogP contribution < -0.4 is 10.1 Å². The van der Waals surface area contributed by atoms with Gasteiger partial charge in [-0.1, -0.05) is 18.2 Å². The van der Waals surface area contributed by atoms with Gasteiger partial charge in [0, 0.05) is 25.0 Å². The molecule has 2 heterocycles. The Labute approximate surface area is 150 Å². The Bertz CT molecular complexity index is 856. The van der Waals surface area contributed by atoms with Crippen LogP contribution in [0.5, 0.6) is 11.6 Å². The predicted molar refractivity (Wildman–Crippen MR) is 97.9 cm³/mol. The Morgan fingerprint density at radius 3 is 2.76 bits per heavy atom. The summed E-state index contributed by atoms with van der Waals surface area (Å²) in [7, 11) is 0. The van der Waals surface area contributed by atoms with Gasteiger partial charge in [0.05, 0.1) is 5.56 Å². The molecule has 1 aromatic carbocycles. The molecule has 3 rings (SSSR count). The highest BCUT2D eigenvalue weighted by atomic mass is 32.2. The van der Waals surface area contributed by atoms with E-state index in [0.717, 1.165) is 5.56 Å². The first kappa shape index (κ1) is 17.0. The van der Waals surface area contributed by atoms with Gasteiger partial charge in [0.1, 0.15) is 10.8 Å². The molecule has 0 aliphatic heterocycles. The Morgan fingerprint density at radius 2 is 1.96 bits per heavy atom. The number of hydrogen-bond acceptors (Lipinski definition) is 5. The van der Waals surface area contributed by atoms with E-state index in [9.17, 15) is 4.79 Å². The minimum absolute atomic E-state index is 0.145. The van der Waals surface area contributed by atoms with Crippen molar-refractivity contribution < 1.29 is 9.53 Å². The molecule has 1 amide bonds. The fraction of sp³-hybridized carbons (Fsp3) is 0.105. The topological polar surface area (TPSA) is 64.1 Å². The van der Waals surface area contributed by atoms with E-state index >= 15 is 0 Å². The molecule has 0 fully saturated rings. The molecule has 0 radical (unpaired) electrons. The maximum absolute atomic E-state index is 12.4. The summed E-state index contributed by atoms with van der Waals surface area (Å²) in [5, 5.41) is 3.63. The van der Waals surface area contributed by atoms with Gasteiger partial charge >= 0.3 is 0 Å². The summed E-state index contributed by atoms with van der Waals surface area (Å²) in [5.41, 5.74) is 1.52. The van der Waals surface area contributed by atoms with Crippen LogP contribution in [0.15, 0.2) is 72.0 Å². The van der Waals surface area contributed by atoms with Crippen molar-refractivity contribution in [1.29, 1.82) is 0 Å². The number of aromatic nitrogens is 2. The van der Waals surface area contributed by atoms with Crippen LogP contribution in [-0.4, -0.2) is 22.1 Å². The number of nitrogens with zero attached hydrogens (tertiary/aromatic N) is 2. The highest BCUT2D eigenvalue weighted by Crippen LogP contribution is 2.20. The summed E-state index contributed by atoms with van der Waals surface area (Å²) in [6.45, 7) is 0.404. The molecule has 0 bridgehead atoms. The molecule has 126 valence electrons. The van der Waals surface area contributed by atoms with Gasteiger partial charge in [-0.05, 0) is 42.2 Å². The molecule has 1 N–H and O–H groups in total. The zero-order valence-corrected chi connectivity index (χ0v) is 14.5. The molecule has 0 unspecified atom stereocenters. The van der Waals surface area contributed by atoms with Crippen LogP contribution in [-0.2, 0) is 6.54 Å². The largest absolute Gasteiger partial charge is 0.439 e. The first-order valence-corrected chi connectivity index (χ1v) is 8.94. The summed E-state index contributed by atoms with van der Waals surface area (Å²) in [4.78, 5) is 20.7. The monoisotopic (exact) mass is 351 g/mol. The maximum Gasteiger partial charge on any atom is 0.254 e. The third-order valence-electron chi connectivity index (χ3n) is 3.42. The molecule has 25 heavy (non-hydrogen) atoms. The summed E-state index contributed by atoms with van der Waals surface area (Å²) < 4.78 is 5.71. The standard InChI is InChI=1S/C19H17N3O2S/c1-25-19-16(8-5-11-21-19)18(23)22-13-14-6-4-7-15(12-14)24-17-9-2-3-10-20-17/h2-12H,13H2,1H3,(H,22,23). The van der Waals surface area contributed by atoms with Crippen molar-refractivity contribution in [3.63, 3.8) is 0 Å². The summed E-state index contributed by atoms with van der Waals surface area (Å²) in [6.07, 6.45) is 5.26. The number of thioether (sulfide) groups is 1. The lowest BCUT2D eigenvalue weighted by molar-refractivity contribution is 0.0947. The smallest absolute Gasteiger partial charge is 0.254 e. The Kier molecular flexibility index (Phi) is 5.64. The van der Waals surface area contributed by atoms with Crippen molar-refractivity contribution in [3.8, 4) is 11.6 Å². The van der Waals surface area contributed by atoms with Crippen LogP contribution in [0.3, 0.4) is 0 Å². The normalized spacial score (nSPS) is 10.3. The lowest BCUT2D eigenvalue weighted by Crippen LogP contribution is -2.23. The maximum atomic E-state index is 12.4. The van der Waals surface area contributed by atoms with E-state index in [1.165, 1.54) is 11.8 Å². The van der Waals surface area contributed by atoms with Gasteiger partial charge in [-0.2, -0.15) is 0 Å².